The van der Waals surface area contributed by atoms with Gasteiger partial charge in [0.1, 0.15) is 0 Å². The summed E-state index contributed by atoms with van der Waals surface area (Å²) in [5.74, 6) is 0. The van der Waals surface area contributed by atoms with Gasteiger partial charge in [0.25, 0.3) is 0 Å². The first-order valence-electron chi connectivity index (χ1n) is 4.97. The predicted molar refractivity (Wildman–Crippen MR) is 70.3 cm³/mol. The van der Waals surface area contributed by atoms with Crippen molar-refractivity contribution in [3.63, 3.8) is 0 Å². The van der Waals surface area contributed by atoms with Gasteiger partial charge in [-0.25, -0.2) is 0 Å². The lowest BCUT2D eigenvalue weighted by Crippen LogP contribution is -1.92. The Labute approximate surface area is 103 Å². The van der Waals surface area contributed by atoms with Gasteiger partial charge in [-0.15, -0.1) is 0 Å². The van der Waals surface area contributed by atoms with Crippen LogP contribution in [0.3, 0.4) is 0 Å². The number of benzene rings is 1. The third-order valence-corrected chi connectivity index (χ3v) is 2.84. The largest absolute Gasteiger partial charge is 0.263 e. The van der Waals surface area contributed by atoms with Crippen LogP contribution in [0, 0.1) is 0 Å². The first-order chi connectivity index (χ1) is 7.77. The number of aromatic nitrogens is 1. The van der Waals surface area contributed by atoms with Gasteiger partial charge < -0.3 is 0 Å². The van der Waals surface area contributed by atoms with Crippen molar-refractivity contribution in [3.05, 3.63) is 58.8 Å². The molecule has 1 aromatic carbocycles. The Morgan fingerprint density at radius 3 is 2.62 bits per heavy atom. The van der Waals surface area contributed by atoms with E-state index in [1.54, 1.807) is 12.4 Å². The van der Waals surface area contributed by atoms with Gasteiger partial charge in [-0.3, -0.25) is 9.98 Å². The number of rotatable bonds is 2. The Bertz CT molecular complexity index is 506. The SMILES string of the molecule is CC(=Nc1ccncc1Br)c1ccccc1. The molecule has 0 amide bonds. The first kappa shape index (κ1) is 11.0. The normalized spacial score (nSPS) is 11.5. The lowest BCUT2D eigenvalue weighted by Gasteiger charge is -2.01. The maximum atomic E-state index is 4.56. The van der Waals surface area contributed by atoms with Gasteiger partial charge in [0.2, 0.25) is 0 Å². The summed E-state index contributed by atoms with van der Waals surface area (Å²) in [4.78, 5) is 8.57. The predicted octanol–water partition coefficient (Wildman–Crippen LogP) is 3.98. The van der Waals surface area contributed by atoms with E-state index in [0.717, 1.165) is 21.4 Å². The number of halogens is 1. The maximum absolute atomic E-state index is 4.56. The molecule has 0 saturated carbocycles. The van der Waals surface area contributed by atoms with Crippen molar-refractivity contribution in [3.8, 4) is 0 Å². The van der Waals surface area contributed by atoms with Crippen LogP contribution in [0.2, 0.25) is 0 Å². The molecule has 16 heavy (non-hydrogen) atoms. The zero-order valence-corrected chi connectivity index (χ0v) is 10.5. The third kappa shape index (κ3) is 2.55. The lowest BCUT2D eigenvalue weighted by atomic mass is 10.1. The Morgan fingerprint density at radius 2 is 1.94 bits per heavy atom. The van der Waals surface area contributed by atoms with Crippen LogP contribution < -0.4 is 0 Å². The van der Waals surface area contributed by atoms with E-state index in [9.17, 15) is 0 Å². The van der Waals surface area contributed by atoms with Crippen LogP contribution in [0.5, 0.6) is 0 Å². The Hall–Kier alpha value is -1.48. The number of hydrogen-bond acceptors (Lipinski definition) is 2. The van der Waals surface area contributed by atoms with Gasteiger partial charge in [0.05, 0.1) is 10.2 Å². The molecule has 80 valence electrons. The monoisotopic (exact) mass is 274 g/mol. The minimum Gasteiger partial charge on any atom is -0.263 e. The summed E-state index contributed by atoms with van der Waals surface area (Å²) in [6.07, 6.45) is 3.49. The fraction of sp³-hybridized carbons (Fsp3) is 0.0769. The minimum absolute atomic E-state index is 0.899. The van der Waals surface area contributed by atoms with Crippen molar-refractivity contribution in [1.82, 2.24) is 4.98 Å². The van der Waals surface area contributed by atoms with Crippen LogP contribution in [-0.4, -0.2) is 10.7 Å². The zero-order valence-electron chi connectivity index (χ0n) is 8.89. The van der Waals surface area contributed by atoms with E-state index < -0.39 is 0 Å². The highest BCUT2D eigenvalue weighted by Crippen LogP contribution is 2.24. The van der Waals surface area contributed by atoms with Crippen molar-refractivity contribution in [2.45, 2.75) is 6.92 Å². The van der Waals surface area contributed by atoms with E-state index in [1.807, 2.05) is 43.3 Å². The van der Waals surface area contributed by atoms with Gasteiger partial charge >= 0.3 is 0 Å². The molecule has 2 nitrogen and oxygen atoms in total. The Balaban J connectivity index is 2.36. The molecule has 0 atom stereocenters. The molecule has 2 aromatic rings. The van der Waals surface area contributed by atoms with Gasteiger partial charge in [-0.05, 0) is 34.5 Å². The van der Waals surface area contributed by atoms with Crippen molar-refractivity contribution < 1.29 is 0 Å². The third-order valence-electron chi connectivity index (χ3n) is 2.23. The number of aliphatic imine (C=N–C) groups is 1. The fourth-order valence-electron chi connectivity index (χ4n) is 1.38. The molecule has 2 rings (SSSR count). The first-order valence-corrected chi connectivity index (χ1v) is 5.77. The molecule has 0 aliphatic carbocycles. The summed E-state index contributed by atoms with van der Waals surface area (Å²) in [7, 11) is 0. The molecule has 1 aromatic heterocycles. The molecule has 1 heterocycles. The molecule has 0 aliphatic rings. The average molecular weight is 275 g/mol. The van der Waals surface area contributed by atoms with Crippen LogP contribution in [0.4, 0.5) is 5.69 Å². The van der Waals surface area contributed by atoms with Crippen molar-refractivity contribution in [2.75, 3.05) is 0 Å². The molecule has 0 saturated heterocycles. The summed E-state index contributed by atoms with van der Waals surface area (Å²) >= 11 is 3.43. The molecule has 0 bridgehead atoms. The summed E-state index contributed by atoms with van der Waals surface area (Å²) in [5, 5.41) is 0. The van der Waals surface area contributed by atoms with E-state index in [0.29, 0.717) is 0 Å². The molecule has 0 fully saturated rings. The van der Waals surface area contributed by atoms with E-state index in [2.05, 4.69) is 25.9 Å². The molecule has 0 N–H and O–H groups in total. The van der Waals surface area contributed by atoms with E-state index >= 15 is 0 Å². The molecular formula is C13H11BrN2. The van der Waals surface area contributed by atoms with Gasteiger partial charge in [-0.1, -0.05) is 30.3 Å². The molecule has 0 radical (unpaired) electrons. The van der Waals surface area contributed by atoms with E-state index in [4.69, 9.17) is 0 Å². The van der Waals surface area contributed by atoms with Crippen LogP contribution in [0.15, 0.2) is 58.3 Å². The highest BCUT2D eigenvalue weighted by atomic mass is 79.9. The van der Waals surface area contributed by atoms with Gasteiger partial charge in [0, 0.05) is 18.1 Å². The average Bonchev–Trinajstić information content (AvgIpc) is 2.33. The lowest BCUT2D eigenvalue weighted by molar-refractivity contribution is 1.29. The molecule has 3 heteroatoms. The quantitative estimate of drug-likeness (QED) is 0.761. The minimum atomic E-state index is 0.899. The Morgan fingerprint density at radius 1 is 1.19 bits per heavy atom. The topological polar surface area (TPSA) is 25.2 Å². The second kappa shape index (κ2) is 5.03. The van der Waals surface area contributed by atoms with Crippen molar-refractivity contribution >= 4 is 27.3 Å². The highest BCUT2D eigenvalue weighted by molar-refractivity contribution is 9.10. The number of pyridine rings is 1. The molecule has 0 aliphatic heterocycles. The highest BCUT2D eigenvalue weighted by Gasteiger charge is 1.99. The molecular weight excluding hydrogens is 264 g/mol. The number of nitrogens with zero attached hydrogens (tertiary/aromatic N) is 2. The second-order valence-corrected chi connectivity index (χ2v) is 4.24. The summed E-state index contributed by atoms with van der Waals surface area (Å²) in [5.41, 5.74) is 3.02. The fourth-order valence-corrected chi connectivity index (χ4v) is 1.72. The smallest absolute Gasteiger partial charge is 0.0806 e. The standard InChI is InChI=1S/C13H11BrN2/c1-10(11-5-3-2-4-6-11)16-13-7-8-15-9-12(13)14/h2-9H,1H3. The van der Waals surface area contributed by atoms with Gasteiger partial charge in [0.15, 0.2) is 0 Å². The molecule has 0 spiro atoms. The second-order valence-electron chi connectivity index (χ2n) is 3.39. The van der Waals surface area contributed by atoms with Crippen molar-refractivity contribution in [2.24, 2.45) is 4.99 Å². The molecule has 0 unspecified atom stereocenters. The Kier molecular flexibility index (Phi) is 3.47. The van der Waals surface area contributed by atoms with Crippen LogP contribution in [-0.2, 0) is 0 Å². The van der Waals surface area contributed by atoms with Crippen molar-refractivity contribution in [1.29, 1.82) is 0 Å². The summed E-state index contributed by atoms with van der Waals surface area (Å²) < 4.78 is 0.908. The van der Waals surface area contributed by atoms with E-state index in [-0.39, 0.29) is 0 Å². The van der Waals surface area contributed by atoms with Crippen LogP contribution >= 0.6 is 15.9 Å². The maximum Gasteiger partial charge on any atom is 0.0806 e. The van der Waals surface area contributed by atoms with Crippen LogP contribution in [0.1, 0.15) is 12.5 Å². The summed E-state index contributed by atoms with van der Waals surface area (Å²) in [6, 6.07) is 12.0. The zero-order chi connectivity index (χ0) is 11.4. The van der Waals surface area contributed by atoms with Crippen LogP contribution in [0.25, 0.3) is 0 Å². The number of hydrogen-bond donors (Lipinski definition) is 0. The van der Waals surface area contributed by atoms with E-state index in [1.165, 1.54) is 0 Å². The van der Waals surface area contributed by atoms with Gasteiger partial charge in [-0.2, -0.15) is 0 Å². The summed E-state index contributed by atoms with van der Waals surface area (Å²) in [6.45, 7) is 2.00.